The van der Waals surface area contributed by atoms with Crippen LogP contribution in [0.4, 0.5) is 10.2 Å². The Morgan fingerprint density at radius 2 is 2.03 bits per heavy atom. The first-order valence-corrected chi connectivity index (χ1v) is 14.6. The van der Waals surface area contributed by atoms with Crippen LogP contribution in [0, 0.1) is 0 Å². The minimum Gasteiger partial charge on any atom is -0.508 e. The lowest BCUT2D eigenvalue weighted by Gasteiger charge is -2.44. The molecule has 0 bridgehead atoms. The van der Waals surface area contributed by atoms with Gasteiger partial charge in [-0.15, -0.1) is 0 Å². The second-order valence-electron chi connectivity index (χ2n) is 12.8. The van der Waals surface area contributed by atoms with E-state index in [4.69, 9.17) is 19.4 Å². The van der Waals surface area contributed by atoms with Crippen LogP contribution < -0.4 is 9.64 Å². The maximum Gasteiger partial charge on any atom is 0.318 e. The molecule has 39 heavy (non-hydrogen) atoms. The van der Waals surface area contributed by atoms with Crippen molar-refractivity contribution in [2.75, 3.05) is 37.7 Å². The van der Waals surface area contributed by atoms with Crippen LogP contribution in [-0.4, -0.2) is 75.2 Å². The molecule has 1 aromatic heterocycles. The van der Waals surface area contributed by atoms with E-state index in [0.717, 1.165) is 86.2 Å². The zero-order valence-electron chi connectivity index (χ0n) is 22.8. The van der Waals surface area contributed by atoms with E-state index >= 15 is 0 Å². The molecule has 210 valence electrons. The SMILES string of the molecule is C[C@@]1(O)CCCN(c2nc(OC[C@@]34CCCN3C[C@H](F)C4)nc3c2CO[C@@]2(CCCc4cc(O)ccc42)C3)C1. The number of anilines is 1. The lowest BCUT2D eigenvalue weighted by atomic mass is 9.75. The lowest BCUT2D eigenvalue weighted by Crippen LogP contribution is -2.47. The summed E-state index contributed by atoms with van der Waals surface area (Å²) < 4.78 is 27.4. The number of aromatic nitrogens is 2. The average molecular weight is 539 g/mol. The number of aliphatic hydroxyl groups is 1. The smallest absolute Gasteiger partial charge is 0.318 e. The van der Waals surface area contributed by atoms with Crippen LogP contribution in [0.3, 0.4) is 0 Å². The number of β-amino-alcohol motifs (C(OH)–C–C–N with tert-alkyl or cyclic N) is 1. The van der Waals surface area contributed by atoms with Crippen LogP contribution in [0.5, 0.6) is 11.8 Å². The fraction of sp³-hybridized carbons (Fsp3) is 0.667. The zero-order chi connectivity index (χ0) is 26.8. The van der Waals surface area contributed by atoms with Crippen molar-refractivity contribution in [2.24, 2.45) is 0 Å². The summed E-state index contributed by atoms with van der Waals surface area (Å²) in [5.74, 6) is 1.06. The molecule has 7 rings (SSSR count). The van der Waals surface area contributed by atoms with Gasteiger partial charge in [-0.25, -0.2) is 4.39 Å². The quantitative estimate of drug-likeness (QED) is 0.608. The van der Waals surface area contributed by atoms with E-state index in [9.17, 15) is 14.6 Å². The van der Waals surface area contributed by atoms with Crippen LogP contribution in [0.25, 0.3) is 0 Å². The Morgan fingerprint density at radius 3 is 2.90 bits per heavy atom. The number of nitrogens with zero attached hydrogens (tertiary/aromatic N) is 4. The number of aromatic hydroxyl groups is 1. The van der Waals surface area contributed by atoms with E-state index < -0.39 is 17.4 Å². The summed E-state index contributed by atoms with van der Waals surface area (Å²) >= 11 is 0. The number of hydrogen-bond acceptors (Lipinski definition) is 8. The van der Waals surface area contributed by atoms with Gasteiger partial charge in [0.15, 0.2) is 0 Å². The minimum absolute atomic E-state index is 0.276. The second kappa shape index (κ2) is 9.28. The molecule has 0 radical (unpaired) electrons. The number of alkyl halides is 1. The summed E-state index contributed by atoms with van der Waals surface area (Å²) in [6.07, 6.45) is 6.69. The number of piperidine rings is 1. The molecule has 5 heterocycles. The van der Waals surface area contributed by atoms with E-state index in [1.165, 1.54) is 0 Å². The topological polar surface area (TPSA) is 91.2 Å². The van der Waals surface area contributed by atoms with Crippen molar-refractivity contribution in [3.8, 4) is 11.8 Å². The molecule has 3 fully saturated rings. The summed E-state index contributed by atoms with van der Waals surface area (Å²) in [5, 5.41) is 21.0. The Bertz CT molecular complexity index is 1270. The Morgan fingerprint density at radius 1 is 1.15 bits per heavy atom. The number of benzene rings is 1. The Kier molecular flexibility index (Phi) is 6.06. The normalized spacial score (nSPS) is 34.1. The second-order valence-corrected chi connectivity index (χ2v) is 12.8. The van der Waals surface area contributed by atoms with Crippen molar-refractivity contribution >= 4 is 5.82 Å². The minimum atomic E-state index is -0.813. The fourth-order valence-electron chi connectivity index (χ4n) is 7.96. The van der Waals surface area contributed by atoms with Crippen LogP contribution in [0.15, 0.2) is 18.2 Å². The van der Waals surface area contributed by atoms with Gasteiger partial charge in [0.25, 0.3) is 0 Å². The third-order valence-electron chi connectivity index (χ3n) is 9.81. The predicted octanol–water partition coefficient (Wildman–Crippen LogP) is 3.79. The first-order valence-electron chi connectivity index (χ1n) is 14.6. The highest BCUT2D eigenvalue weighted by Crippen LogP contribution is 2.47. The first kappa shape index (κ1) is 25.5. The van der Waals surface area contributed by atoms with Gasteiger partial charge in [-0.05, 0) is 81.7 Å². The highest BCUT2D eigenvalue weighted by Gasteiger charge is 2.50. The Hall–Kier alpha value is -2.49. The number of fused-ring (bicyclic) bond motifs is 4. The largest absolute Gasteiger partial charge is 0.508 e. The number of phenols is 1. The van der Waals surface area contributed by atoms with Crippen molar-refractivity contribution in [3.63, 3.8) is 0 Å². The van der Waals surface area contributed by atoms with E-state index in [1.54, 1.807) is 6.07 Å². The van der Waals surface area contributed by atoms with E-state index in [2.05, 4.69) is 9.80 Å². The average Bonchev–Trinajstić information content (AvgIpc) is 3.42. The van der Waals surface area contributed by atoms with Crippen LogP contribution in [0.1, 0.15) is 74.3 Å². The maximum atomic E-state index is 14.4. The summed E-state index contributed by atoms with van der Waals surface area (Å²) in [7, 11) is 0. The first-order chi connectivity index (χ1) is 18.7. The summed E-state index contributed by atoms with van der Waals surface area (Å²) in [6.45, 7) is 5.33. The van der Waals surface area contributed by atoms with Crippen molar-refractivity contribution in [2.45, 2.75) is 94.2 Å². The number of ether oxygens (including phenoxy) is 2. The molecule has 2 N–H and O–H groups in total. The Labute approximate surface area is 229 Å². The van der Waals surface area contributed by atoms with E-state index in [0.29, 0.717) is 45.2 Å². The standard InChI is InChI=1S/C30H39FN4O4/c1-28(37)8-3-11-34(18-28)26-23-17-39-30(10-2-5-20-13-22(36)6-7-24(20)30)15-25(23)32-27(33-26)38-19-29-9-4-12-35(29)16-21(31)14-29/h6-7,13,21,36-37H,2-5,8-12,14-19H2,1H3/t21-,28-,29+,30+/m1/s1. The van der Waals surface area contributed by atoms with Gasteiger partial charge in [0, 0.05) is 38.0 Å². The molecule has 9 heteroatoms. The monoisotopic (exact) mass is 538 g/mol. The molecule has 0 saturated carbocycles. The van der Waals surface area contributed by atoms with Gasteiger partial charge in [-0.1, -0.05) is 6.07 Å². The molecule has 2 aromatic rings. The third kappa shape index (κ3) is 4.46. The molecule has 0 amide bonds. The van der Waals surface area contributed by atoms with Crippen LogP contribution in [-0.2, 0) is 29.8 Å². The molecule has 1 aliphatic carbocycles. The van der Waals surface area contributed by atoms with Crippen LogP contribution in [0.2, 0.25) is 0 Å². The van der Waals surface area contributed by atoms with E-state index in [-0.39, 0.29) is 11.3 Å². The van der Waals surface area contributed by atoms with Gasteiger partial charge in [0.05, 0.1) is 29.0 Å². The maximum absolute atomic E-state index is 14.4. The summed E-state index contributed by atoms with van der Waals surface area (Å²) in [4.78, 5) is 14.3. The van der Waals surface area contributed by atoms with Crippen molar-refractivity contribution in [1.29, 1.82) is 0 Å². The van der Waals surface area contributed by atoms with Gasteiger partial charge in [0.2, 0.25) is 0 Å². The highest BCUT2D eigenvalue weighted by atomic mass is 19.1. The van der Waals surface area contributed by atoms with Crippen molar-refractivity contribution < 1.29 is 24.1 Å². The summed E-state index contributed by atoms with van der Waals surface area (Å²) in [6, 6.07) is 5.93. The highest BCUT2D eigenvalue weighted by molar-refractivity contribution is 5.53. The van der Waals surface area contributed by atoms with Crippen LogP contribution >= 0.6 is 0 Å². The molecule has 5 aliphatic rings. The number of aryl methyl sites for hydroxylation is 1. The number of hydrogen-bond donors (Lipinski definition) is 2. The van der Waals surface area contributed by atoms with Gasteiger partial charge in [-0.3, -0.25) is 4.90 Å². The van der Waals surface area contributed by atoms with Crippen molar-refractivity contribution in [3.05, 3.63) is 40.6 Å². The number of rotatable bonds is 4. The molecule has 0 unspecified atom stereocenters. The molecule has 3 saturated heterocycles. The van der Waals surface area contributed by atoms with E-state index in [1.807, 2.05) is 19.1 Å². The molecule has 1 aromatic carbocycles. The predicted molar refractivity (Wildman–Crippen MR) is 144 cm³/mol. The molecule has 8 nitrogen and oxygen atoms in total. The molecular formula is C30H39FN4O4. The molecule has 4 atom stereocenters. The molecular weight excluding hydrogens is 499 g/mol. The van der Waals surface area contributed by atoms with Gasteiger partial charge in [-0.2, -0.15) is 9.97 Å². The third-order valence-corrected chi connectivity index (χ3v) is 9.81. The molecule has 4 aliphatic heterocycles. The van der Waals surface area contributed by atoms with Crippen molar-refractivity contribution in [1.82, 2.24) is 14.9 Å². The van der Waals surface area contributed by atoms with Gasteiger partial charge < -0.3 is 24.6 Å². The van der Waals surface area contributed by atoms with Gasteiger partial charge in [0.1, 0.15) is 24.3 Å². The lowest BCUT2D eigenvalue weighted by molar-refractivity contribution is -0.0856. The van der Waals surface area contributed by atoms with Gasteiger partial charge >= 0.3 is 6.01 Å². The summed E-state index contributed by atoms with van der Waals surface area (Å²) in [5.41, 5.74) is 2.57. The fourth-order valence-corrected chi connectivity index (χ4v) is 7.96. The number of halogens is 1. The number of phenolic OH excluding ortho intramolecular Hbond substituents is 1. The molecule has 1 spiro atoms. The zero-order valence-corrected chi connectivity index (χ0v) is 22.8. The Balaban J connectivity index is 1.24.